The van der Waals surface area contributed by atoms with E-state index < -0.39 is 22.5 Å². The van der Waals surface area contributed by atoms with Crippen molar-refractivity contribution in [2.45, 2.75) is 122 Å². The first-order chi connectivity index (χ1) is 27.8. The Kier molecular flexibility index (Phi) is 9.58. The number of fused-ring (bicyclic) bond motifs is 1. The minimum absolute atomic E-state index is 0.0697. The lowest BCUT2D eigenvalue weighted by atomic mass is 9.32. The number of aliphatic hydroxyl groups excluding tert-OH is 2. The number of hydrogen-bond donors (Lipinski definition) is 3. The first kappa shape index (κ1) is 39.3. The van der Waals surface area contributed by atoms with Crippen LogP contribution in [0.4, 0.5) is 0 Å². The lowest BCUT2D eigenvalue weighted by Gasteiger charge is -2.71. The molecule has 58 heavy (non-hydrogen) atoms. The molecule has 3 N–H and O–H groups in total. The topological polar surface area (TPSA) is 99.5 Å². The number of benzene rings is 2. The van der Waals surface area contributed by atoms with Gasteiger partial charge in [0.1, 0.15) is 5.75 Å². The lowest BCUT2D eigenvalue weighted by Crippen LogP contribution is -2.67. The smallest absolute Gasteiger partial charge is 0.189 e. The van der Waals surface area contributed by atoms with Crippen molar-refractivity contribution in [1.29, 1.82) is 0 Å². The van der Waals surface area contributed by atoms with Crippen molar-refractivity contribution in [3.8, 4) is 5.75 Å². The van der Waals surface area contributed by atoms with Gasteiger partial charge in [0.05, 0.1) is 38.1 Å². The van der Waals surface area contributed by atoms with Crippen LogP contribution in [-0.2, 0) is 11.3 Å². The van der Waals surface area contributed by atoms with Crippen molar-refractivity contribution in [3.63, 3.8) is 0 Å². The quantitative estimate of drug-likeness (QED) is 0.138. The van der Waals surface area contributed by atoms with Crippen molar-refractivity contribution < 1.29 is 29.6 Å². The van der Waals surface area contributed by atoms with Crippen LogP contribution >= 0.6 is 0 Å². The molecular formula is C51H67NO6. The molecule has 0 saturated heterocycles. The molecule has 7 heteroatoms. The van der Waals surface area contributed by atoms with Gasteiger partial charge in [-0.3, -0.25) is 9.69 Å². The van der Waals surface area contributed by atoms with Gasteiger partial charge in [-0.1, -0.05) is 62.4 Å². The summed E-state index contributed by atoms with van der Waals surface area (Å²) in [6.45, 7) is 7.47. The van der Waals surface area contributed by atoms with Crippen LogP contribution in [0.15, 0.2) is 78.4 Å². The monoisotopic (exact) mass is 789 g/mol. The van der Waals surface area contributed by atoms with E-state index in [1.807, 2.05) is 42.5 Å². The number of aliphatic hydroxyl groups is 3. The molecule has 12 rings (SSSR count). The zero-order valence-electron chi connectivity index (χ0n) is 35.2. The summed E-state index contributed by atoms with van der Waals surface area (Å²) >= 11 is 0. The fraction of sp³-hybridized carbons (Fsp3) is 0.667. The van der Waals surface area contributed by atoms with E-state index in [2.05, 4.69) is 49.1 Å². The van der Waals surface area contributed by atoms with Crippen molar-refractivity contribution in [1.82, 2.24) is 4.90 Å². The van der Waals surface area contributed by atoms with E-state index in [-0.39, 0.29) is 46.6 Å². The molecule has 2 aromatic carbocycles. The van der Waals surface area contributed by atoms with Gasteiger partial charge >= 0.3 is 0 Å². The Bertz CT molecular complexity index is 1910. The van der Waals surface area contributed by atoms with E-state index in [4.69, 9.17) is 9.47 Å². The molecule has 312 valence electrons. The predicted octanol–water partition coefficient (Wildman–Crippen LogP) is 8.57. The zero-order chi connectivity index (χ0) is 40.1. The van der Waals surface area contributed by atoms with Gasteiger partial charge in [0.25, 0.3) is 0 Å². The van der Waals surface area contributed by atoms with Gasteiger partial charge in [-0.15, -0.1) is 0 Å². The summed E-state index contributed by atoms with van der Waals surface area (Å²) in [7, 11) is 1.65. The minimum Gasteiger partial charge on any atom is -0.497 e. The van der Waals surface area contributed by atoms with Crippen molar-refractivity contribution in [2.75, 3.05) is 33.4 Å². The van der Waals surface area contributed by atoms with Gasteiger partial charge in [-0.05, 0) is 154 Å². The molecule has 7 saturated carbocycles. The molecule has 7 nitrogen and oxygen atoms in total. The highest BCUT2D eigenvalue weighted by Gasteiger charge is 2.74. The van der Waals surface area contributed by atoms with Crippen LogP contribution in [0.25, 0.3) is 0 Å². The zero-order valence-corrected chi connectivity index (χ0v) is 35.2. The molecule has 7 fully saturated rings. The number of nitrogens with zero attached hydrogens (tertiary/aromatic N) is 1. The molecular weight excluding hydrogens is 723 g/mol. The summed E-state index contributed by atoms with van der Waals surface area (Å²) in [4.78, 5) is 17.5. The Balaban J connectivity index is 0.975. The van der Waals surface area contributed by atoms with Crippen LogP contribution in [-0.4, -0.2) is 77.2 Å². The van der Waals surface area contributed by atoms with E-state index in [1.54, 1.807) is 7.11 Å². The average Bonchev–Trinajstić information content (AvgIpc) is 3.46. The van der Waals surface area contributed by atoms with Crippen molar-refractivity contribution in [2.24, 2.45) is 56.7 Å². The Morgan fingerprint density at radius 1 is 0.828 bits per heavy atom. The Morgan fingerprint density at radius 2 is 1.48 bits per heavy atom. The summed E-state index contributed by atoms with van der Waals surface area (Å²) in [5.41, 5.74) is 0.517. The second kappa shape index (κ2) is 14.1. The maximum atomic E-state index is 15.1. The van der Waals surface area contributed by atoms with E-state index in [9.17, 15) is 15.3 Å². The van der Waals surface area contributed by atoms with E-state index >= 15 is 4.79 Å². The summed E-state index contributed by atoms with van der Waals surface area (Å²) < 4.78 is 11.6. The molecule has 10 aliphatic carbocycles. The van der Waals surface area contributed by atoms with Gasteiger partial charge in [-0.2, -0.15) is 0 Å². The second-order valence-electron chi connectivity index (χ2n) is 21.6. The number of hydrogen-bond acceptors (Lipinski definition) is 7. The largest absolute Gasteiger partial charge is 0.497 e. The minimum atomic E-state index is -0.984. The van der Waals surface area contributed by atoms with Gasteiger partial charge in [0.2, 0.25) is 0 Å². The second-order valence-corrected chi connectivity index (χ2v) is 21.6. The third-order valence-electron chi connectivity index (χ3n) is 18.4. The molecule has 0 aliphatic heterocycles. The molecule has 0 aromatic heterocycles. The first-order valence-electron chi connectivity index (χ1n) is 22.9. The molecule has 0 amide bonds. The standard InChI is InChI=1S/C51H67NO6/c1-46-16-13-39(53)27-49(46)19-20-51(42(28-49)45(55)38-9-11-41(57-3)12-10-38)43(46)14-17-47(2)44(51)15-18-50(47,56)33-52(29-40(54)31-58-30-34-7-5-4-6-8-34)32-48-24-35-21-36(25-48)23-37(22-35)26-48/h4-12,19-20,28,35-37,39-40,43-44,53-54,56H,13-18,21-27,29-33H2,1-3H3. The predicted molar refractivity (Wildman–Crippen MR) is 225 cm³/mol. The van der Waals surface area contributed by atoms with Gasteiger partial charge in [0, 0.05) is 47.0 Å². The first-order valence-corrected chi connectivity index (χ1v) is 22.9. The molecule has 10 aliphatic rings. The van der Waals surface area contributed by atoms with Gasteiger partial charge in [0.15, 0.2) is 5.78 Å². The Labute approximate surface area is 346 Å². The fourth-order valence-corrected chi connectivity index (χ4v) is 16.2. The summed E-state index contributed by atoms with van der Waals surface area (Å²) in [6.07, 6.45) is 19.8. The Morgan fingerprint density at radius 3 is 2.17 bits per heavy atom. The van der Waals surface area contributed by atoms with Crippen molar-refractivity contribution >= 4 is 5.78 Å². The normalized spacial score (nSPS) is 43.5. The molecule has 9 unspecified atom stereocenters. The van der Waals surface area contributed by atoms with Gasteiger partial charge < -0.3 is 24.8 Å². The third-order valence-corrected chi connectivity index (χ3v) is 18.4. The molecule has 0 heterocycles. The van der Waals surface area contributed by atoms with Crippen LogP contribution < -0.4 is 4.74 Å². The molecule has 6 bridgehead atoms. The number of methoxy groups -OCH3 is 1. The number of allylic oxidation sites excluding steroid dienone is 4. The highest BCUT2D eigenvalue weighted by Crippen LogP contribution is 2.78. The Hall–Kier alpha value is -2.81. The summed E-state index contributed by atoms with van der Waals surface area (Å²) in [6, 6.07) is 17.7. The molecule has 0 radical (unpaired) electrons. The number of Topliss-reactive ketones (excluding diaryl/α,β-unsaturated/α-hetero) is 1. The average molecular weight is 790 g/mol. The maximum Gasteiger partial charge on any atom is 0.189 e. The number of rotatable bonds is 13. The third kappa shape index (κ3) is 6.02. The van der Waals surface area contributed by atoms with Crippen LogP contribution in [0.1, 0.15) is 113 Å². The van der Waals surface area contributed by atoms with E-state index in [0.717, 1.165) is 73.3 Å². The van der Waals surface area contributed by atoms with E-state index in [1.165, 1.54) is 38.5 Å². The summed E-state index contributed by atoms with van der Waals surface area (Å²) in [5.74, 6) is 3.59. The number of carbonyl (C=O) groups is 1. The van der Waals surface area contributed by atoms with Crippen LogP contribution in [0.2, 0.25) is 0 Å². The molecule has 9 atom stereocenters. The van der Waals surface area contributed by atoms with Gasteiger partial charge in [-0.25, -0.2) is 0 Å². The number of ketones is 1. The number of carbonyl (C=O) groups excluding carboxylic acids is 1. The SMILES string of the molecule is COc1ccc(C(=O)C2=CC34C=CC25C(CCC2(C)C5CCC2(O)CN(CC(O)COCc2ccccc2)CC25CC6CC(CC(C6)C2)C5)C3(C)CCC(O)C4)cc1. The molecule has 2 aromatic rings. The lowest BCUT2D eigenvalue weighted by molar-refractivity contribution is -0.179. The fourth-order valence-electron chi connectivity index (χ4n) is 16.2. The number of ether oxygens (including phenoxy) is 2. The maximum absolute atomic E-state index is 15.1. The van der Waals surface area contributed by atoms with Crippen LogP contribution in [0, 0.1) is 56.7 Å². The highest BCUT2D eigenvalue weighted by atomic mass is 16.5. The van der Waals surface area contributed by atoms with Crippen LogP contribution in [0.3, 0.4) is 0 Å². The molecule has 2 spiro atoms. The summed E-state index contributed by atoms with van der Waals surface area (Å²) in [5, 5.41) is 36.3. The van der Waals surface area contributed by atoms with Crippen molar-refractivity contribution in [3.05, 3.63) is 89.5 Å². The van der Waals surface area contributed by atoms with E-state index in [0.29, 0.717) is 38.1 Å². The van der Waals surface area contributed by atoms with Crippen LogP contribution in [0.5, 0.6) is 5.75 Å². The highest BCUT2D eigenvalue weighted by molar-refractivity contribution is 6.10.